The lowest BCUT2D eigenvalue weighted by molar-refractivity contribution is -0.0232. The number of aromatic nitrogens is 2. The lowest BCUT2D eigenvalue weighted by atomic mass is 10.1. The van der Waals surface area contributed by atoms with Crippen molar-refractivity contribution in [2.75, 3.05) is 6.54 Å². The Labute approximate surface area is 122 Å². The third kappa shape index (κ3) is 3.61. The van der Waals surface area contributed by atoms with Gasteiger partial charge in [0.1, 0.15) is 0 Å². The summed E-state index contributed by atoms with van der Waals surface area (Å²) in [6.45, 7) is 13.7. The van der Waals surface area contributed by atoms with E-state index < -0.39 is 0 Å². The number of rotatable bonds is 6. The Hall–Kier alpha value is -0.870. The molecule has 20 heavy (non-hydrogen) atoms. The molecule has 1 unspecified atom stereocenters. The molecule has 114 valence electrons. The van der Waals surface area contributed by atoms with Gasteiger partial charge >= 0.3 is 0 Å². The smallest absolute Gasteiger partial charge is 0.0779 e. The van der Waals surface area contributed by atoms with E-state index in [0.29, 0.717) is 6.10 Å². The topological polar surface area (TPSA) is 39.1 Å². The Balaban J connectivity index is 2.00. The van der Waals surface area contributed by atoms with Crippen LogP contribution in [-0.4, -0.2) is 28.0 Å². The van der Waals surface area contributed by atoms with E-state index >= 15 is 0 Å². The van der Waals surface area contributed by atoms with Crippen LogP contribution in [0.1, 0.15) is 57.0 Å². The quantitative estimate of drug-likeness (QED) is 0.814. The number of nitrogens with zero attached hydrogens (tertiary/aromatic N) is 2. The standard InChI is InChI=1S/C16H29N3O/c1-6-9-17-10-15-12(2)18-19(13(15)3)11-14-7-8-16(4,5)20-14/h14,17H,6-11H2,1-5H3. The molecule has 1 N–H and O–H groups in total. The Bertz CT molecular complexity index is 451. The van der Waals surface area contributed by atoms with Crippen molar-refractivity contribution in [1.82, 2.24) is 15.1 Å². The molecule has 0 radical (unpaired) electrons. The van der Waals surface area contributed by atoms with Crippen molar-refractivity contribution in [3.8, 4) is 0 Å². The number of nitrogens with one attached hydrogen (secondary N) is 1. The van der Waals surface area contributed by atoms with Gasteiger partial charge in [-0.15, -0.1) is 0 Å². The normalized spacial score (nSPS) is 21.6. The molecule has 1 aliphatic heterocycles. The van der Waals surface area contributed by atoms with Crippen LogP contribution in [-0.2, 0) is 17.8 Å². The lowest BCUT2D eigenvalue weighted by Crippen LogP contribution is -2.24. The zero-order valence-electron chi connectivity index (χ0n) is 13.6. The van der Waals surface area contributed by atoms with Crippen molar-refractivity contribution in [2.24, 2.45) is 0 Å². The maximum Gasteiger partial charge on any atom is 0.0779 e. The lowest BCUT2D eigenvalue weighted by Gasteiger charge is -2.19. The monoisotopic (exact) mass is 279 g/mol. The van der Waals surface area contributed by atoms with Crippen molar-refractivity contribution in [1.29, 1.82) is 0 Å². The second kappa shape index (κ2) is 6.27. The van der Waals surface area contributed by atoms with Gasteiger partial charge in [-0.3, -0.25) is 4.68 Å². The second-order valence-electron chi connectivity index (χ2n) is 6.55. The molecule has 1 aliphatic rings. The minimum Gasteiger partial charge on any atom is -0.370 e. The number of hydrogen-bond donors (Lipinski definition) is 1. The molecule has 1 atom stereocenters. The van der Waals surface area contributed by atoms with Crippen molar-refractivity contribution < 1.29 is 4.74 Å². The fourth-order valence-electron chi connectivity index (χ4n) is 2.96. The van der Waals surface area contributed by atoms with Crippen LogP contribution in [0.25, 0.3) is 0 Å². The molecular weight excluding hydrogens is 250 g/mol. The van der Waals surface area contributed by atoms with Crippen LogP contribution < -0.4 is 5.32 Å². The predicted molar refractivity (Wildman–Crippen MR) is 81.9 cm³/mol. The molecule has 1 saturated heterocycles. The van der Waals surface area contributed by atoms with Crippen LogP contribution in [0.4, 0.5) is 0 Å². The minimum absolute atomic E-state index is 0.0340. The van der Waals surface area contributed by atoms with Gasteiger partial charge in [0.15, 0.2) is 0 Å². The maximum atomic E-state index is 6.08. The van der Waals surface area contributed by atoms with Crippen LogP contribution in [0, 0.1) is 13.8 Å². The Kier molecular flexibility index (Phi) is 4.86. The fraction of sp³-hybridized carbons (Fsp3) is 0.812. The van der Waals surface area contributed by atoms with E-state index in [2.05, 4.69) is 44.6 Å². The molecule has 0 aromatic carbocycles. The fourth-order valence-corrected chi connectivity index (χ4v) is 2.96. The molecule has 0 aliphatic carbocycles. The Morgan fingerprint density at radius 1 is 1.40 bits per heavy atom. The van der Waals surface area contributed by atoms with Gasteiger partial charge < -0.3 is 10.1 Å². The van der Waals surface area contributed by atoms with Gasteiger partial charge in [-0.2, -0.15) is 5.10 Å². The predicted octanol–water partition coefficient (Wildman–Crippen LogP) is 2.96. The van der Waals surface area contributed by atoms with E-state index in [9.17, 15) is 0 Å². The van der Waals surface area contributed by atoms with Gasteiger partial charge in [-0.05, 0) is 53.5 Å². The first-order valence-corrected chi connectivity index (χ1v) is 7.84. The summed E-state index contributed by atoms with van der Waals surface area (Å²) < 4.78 is 8.21. The van der Waals surface area contributed by atoms with Crippen LogP contribution in [0.15, 0.2) is 0 Å². The van der Waals surface area contributed by atoms with Crippen molar-refractivity contribution in [3.63, 3.8) is 0 Å². The SMILES string of the molecule is CCCNCc1c(C)nn(CC2CCC(C)(C)O2)c1C. The molecule has 1 aromatic rings. The average molecular weight is 279 g/mol. The number of ether oxygens (including phenoxy) is 1. The highest BCUT2D eigenvalue weighted by Gasteiger charge is 2.32. The summed E-state index contributed by atoms with van der Waals surface area (Å²) in [5.41, 5.74) is 3.80. The van der Waals surface area contributed by atoms with E-state index in [1.54, 1.807) is 0 Å². The van der Waals surface area contributed by atoms with E-state index in [1.165, 1.54) is 11.3 Å². The molecule has 2 rings (SSSR count). The average Bonchev–Trinajstić information content (AvgIpc) is 2.84. The summed E-state index contributed by atoms with van der Waals surface area (Å²) in [5.74, 6) is 0. The highest BCUT2D eigenvalue weighted by atomic mass is 16.5. The van der Waals surface area contributed by atoms with E-state index in [4.69, 9.17) is 9.84 Å². The third-order valence-electron chi connectivity index (χ3n) is 4.19. The van der Waals surface area contributed by atoms with Gasteiger partial charge in [0.05, 0.1) is 23.9 Å². The molecule has 0 bridgehead atoms. The summed E-state index contributed by atoms with van der Waals surface area (Å²) in [6.07, 6.45) is 3.74. The Morgan fingerprint density at radius 2 is 2.15 bits per heavy atom. The Morgan fingerprint density at radius 3 is 2.75 bits per heavy atom. The molecule has 4 nitrogen and oxygen atoms in total. The highest BCUT2D eigenvalue weighted by Crippen LogP contribution is 2.30. The summed E-state index contributed by atoms with van der Waals surface area (Å²) in [6, 6.07) is 0. The number of hydrogen-bond acceptors (Lipinski definition) is 3. The van der Waals surface area contributed by atoms with Gasteiger partial charge in [0.2, 0.25) is 0 Å². The van der Waals surface area contributed by atoms with Gasteiger partial charge in [-0.25, -0.2) is 0 Å². The minimum atomic E-state index is 0.0340. The van der Waals surface area contributed by atoms with Crippen molar-refractivity contribution in [2.45, 2.75) is 78.7 Å². The zero-order valence-corrected chi connectivity index (χ0v) is 13.6. The van der Waals surface area contributed by atoms with E-state index in [-0.39, 0.29) is 5.60 Å². The van der Waals surface area contributed by atoms with Crippen LogP contribution in [0.2, 0.25) is 0 Å². The first-order valence-electron chi connectivity index (χ1n) is 7.84. The molecular formula is C16H29N3O. The third-order valence-corrected chi connectivity index (χ3v) is 4.19. The van der Waals surface area contributed by atoms with E-state index in [1.807, 2.05) is 0 Å². The first kappa shape index (κ1) is 15.5. The van der Waals surface area contributed by atoms with Crippen LogP contribution in [0.5, 0.6) is 0 Å². The van der Waals surface area contributed by atoms with E-state index in [0.717, 1.165) is 44.6 Å². The summed E-state index contributed by atoms with van der Waals surface area (Å²) in [5, 5.41) is 8.17. The summed E-state index contributed by atoms with van der Waals surface area (Å²) >= 11 is 0. The van der Waals surface area contributed by atoms with Crippen LogP contribution in [0.3, 0.4) is 0 Å². The van der Waals surface area contributed by atoms with Crippen molar-refractivity contribution in [3.05, 3.63) is 17.0 Å². The molecule has 1 aromatic heterocycles. The molecule has 0 spiro atoms. The van der Waals surface area contributed by atoms with Gasteiger partial charge in [-0.1, -0.05) is 6.92 Å². The number of aryl methyl sites for hydroxylation is 1. The van der Waals surface area contributed by atoms with Gasteiger partial charge in [0, 0.05) is 17.8 Å². The summed E-state index contributed by atoms with van der Waals surface area (Å²) in [7, 11) is 0. The van der Waals surface area contributed by atoms with Crippen molar-refractivity contribution >= 4 is 0 Å². The summed E-state index contributed by atoms with van der Waals surface area (Å²) in [4.78, 5) is 0. The van der Waals surface area contributed by atoms with Crippen LogP contribution >= 0.6 is 0 Å². The molecule has 2 heterocycles. The highest BCUT2D eigenvalue weighted by molar-refractivity contribution is 5.24. The molecule has 0 saturated carbocycles. The zero-order chi connectivity index (χ0) is 14.8. The van der Waals surface area contributed by atoms with Gasteiger partial charge in [0.25, 0.3) is 0 Å². The second-order valence-corrected chi connectivity index (χ2v) is 6.55. The molecule has 4 heteroatoms. The molecule has 0 amide bonds. The largest absolute Gasteiger partial charge is 0.370 e. The maximum absolute atomic E-state index is 6.08. The first-order chi connectivity index (χ1) is 9.43. The molecule has 1 fully saturated rings.